The molecule has 0 aliphatic carbocycles. The minimum atomic E-state index is -1.17. The lowest BCUT2D eigenvalue weighted by atomic mass is 10.0. The average molecular weight is 691 g/mol. The van der Waals surface area contributed by atoms with Gasteiger partial charge in [-0.3, -0.25) is 19.3 Å². The number of β-lactam (4-membered cyclic amide) rings is 1. The summed E-state index contributed by atoms with van der Waals surface area (Å²) in [5.41, 5.74) is 13.2. The molecule has 0 unspecified atom stereocenters. The number of rotatable bonds is 8. The number of carboxylic acids is 1. The number of thioether (sulfide) groups is 3. The summed E-state index contributed by atoms with van der Waals surface area (Å²) < 4.78 is 6.68. The molecule has 4 aromatic rings. The second kappa shape index (κ2) is 14.0. The van der Waals surface area contributed by atoms with Crippen molar-refractivity contribution in [3.8, 4) is 0 Å². The highest BCUT2D eigenvalue weighted by atomic mass is 32.2. The van der Waals surface area contributed by atoms with E-state index in [1.165, 1.54) is 52.7 Å². The number of hydrogen-bond acceptors (Lipinski definition) is 16. The van der Waals surface area contributed by atoms with E-state index in [0.29, 0.717) is 26.5 Å². The molecule has 1 amide bonds. The summed E-state index contributed by atoms with van der Waals surface area (Å²) in [6, 6.07) is 10.2. The van der Waals surface area contributed by atoms with Crippen LogP contribution < -0.4 is 11.5 Å². The molecule has 5 N–H and O–H groups in total. The molecule has 1 fully saturated rings. The van der Waals surface area contributed by atoms with Gasteiger partial charge in [0.25, 0.3) is 5.12 Å². The summed E-state index contributed by atoms with van der Waals surface area (Å²) >= 11 is 6.07. The van der Waals surface area contributed by atoms with Gasteiger partial charge < -0.3 is 25.8 Å². The first-order chi connectivity index (χ1) is 21.2. The molecule has 3 aromatic heterocycles. The molecule has 6 rings (SSSR count). The van der Waals surface area contributed by atoms with Crippen LogP contribution in [0, 0.1) is 0 Å². The van der Waals surface area contributed by atoms with Crippen LogP contribution in [0.5, 0.6) is 0 Å². The third-order valence-electron chi connectivity index (χ3n) is 5.99. The highest BCUT2D eigenvalue weighted by Gasteiger charge is 2.51. The number of nitrogens with zero attached hydrogens (tertiary/aromatic N) is 4. The van der Waals surface area contributed by atoms with Crippen LogP contribution in [0.15, 0.2) is 73.2 Å². The number of furan rings is 1. The van der Waals surface area contributed by atoms with E-state index < -0.39 is 17.9 Å². The summed E-state index contributed by atoms with van der Waals surface area (Å²) in [7, 11) is 1.38. The molecule has 2 aliphatic rings. The molecule has 13 nitrogen and oxygen atoms in total. The van der Waals surface area contributed by atoms with E-state index in [0.717, 1.165) is 33.7 Å². The average Bonchev–Trinajstić information content (AvgIpc) is 3.79. The van der Waals surface area contributed by atoms with Crippen molar-refractivity contribution in [2.45, 2.75) is 15.8 Å². The number of oxime groups is 1. The van der Waals surface area contributed by atoms with Gasteiger partial charge in [-0.15, -0.1) is 34.4 Å². The van der Waals surface area contributed by atoms with E-state index in [1.54, 1.807) is 17.5 Å². The third-order valence-corrected chi connectivity index (χ3v) is 11.0. The fraction of sp³-hybridized carbons (Fsp3) is 0.192. The van der Waals surface area contributed by atoms with Gasteiger partial charge >= 0.3 is 5.97 Å². The first-order valence-corrected chi connectivity index (χ1v) is 17.0. The zero-order chi connectivity index (χ0) is 31.4. The first kappa shape index (κ1) is 31.7. The molecule has 1 aromatic carbocycles. The quantitative estimate of drug-likeness (QED) is 0.104. The number of fused-ring (bicyclic) bond motifs is 2. The predicted octanol–water partition coefficient (Wildman–Crippen LogP) is 3.74. The Kier molecular flexibility index (Phi) is 10.1. The van der Waals surface area contributed by atoms with Crippen molar-refractivity contribution in [3.63, 3.8) is 0 Å². The number of carboxylic acid groups (broad SMARTS) is 1. The number of nitrogens with two attached hydrogens (primary N) is 2. The highest BCUT2D eigenvalue weighted by molar-refractivity contribution is 8.16. The molecule has 0 bridgehead atoms. The number of amides is 1. The van der Waals surface area contributed by atoms with Crippen molar-refractivity contribution in [1.82, 2.24) is 14.9 Å². The maximum absolute atomic E-state index is 12.4. The minimum Gasteiger partial charge on any atom is -0.477 e. The molecule has 5 heterocycles. The van der Waals surface area contributed by atoms with Gasteiger partial charge in [0.05, 0.1) is 16.5 Å². The molecular formula is C26H22N6O7S5. The van der Waals surface area contributed by atoms with Gasteiger partial charge in [0.1, 0.15) is 29.9 Å². The molecule has 0 saturated carbocycles. The number of nitrogen functional groups attached to an aromatic ring is 1. The molecule has 18 heteroatoms. The predicted molar refractivity (Wildman–Crippen MR) is 172 cm³/mol. The molecule has 1 saturated heterocycles. The van der Waals surface area contributed by atoms with E-state index >= 15 is 0 Å². The van der Waals surface area contributed by atoms with E-state index in [2.05, 4.69) is 15.1 Å². The summed E-state index contributed by atoms with van der Waals surface area (Å²) in [5.74, 6) is -0.728. The Morgan fingerprint density at radius 3 is 2.68 bits per heavy atom. The molecule has 228 valence electrons. The fourth-order valence-corrected chi connectivity index (χ4v) is 8.68. The number of para-hydroxylation sites is 1. The topological polar surface area (TPSA) is 204 Å². The number of thiazole rings is 2. The van der Waals surface area contributed by atoms with Gasteiger partial charge in [0, 0.05) is 16.9 Å². The van der Waals surface area contributed by atoms with Crippen LogP contribution in [-0.4, -0.2) is 77.8 Å². The smallest absolute Gasteiger partial charge is 0.352 e. The van der Waals surface area contributed by atoms with Crippen LogP contribution in [0.4, 0.5) is 5.13 Å². The molecule has 0 radical (unpaired) electrons. The van der Waals surface area contributed by atoms with Gasteiger partial charge in [-0.05, 0) is 41.6 Å². The van der Waals surface area contributed by atoms with Crippen molar-refractivity contribution in [3.05, 3.63) is 70.8 Å². The third kappa shape index (κ3) is 6.84. The highest BCUT2D eigenvalue weighted by Crippen LogP contribution is 2.40. The number of carbonyl (C=O) groups is 4. The molecular weight excluding hydrogens is 669 g/mol. The van der Waals surface area contributed by atoms with E-state index in [4.69, 9.17) is 20.7 Å². The Hall–Kier alpha value is -3.68. The van der Waals surface area contributed by atoms with Crippen LogP contribution in [0.3, 0.4) is 0 Å². The SMILES string of the molecule is CO/N=C(\C(=O)Sc1nc2ccccc2s1)c1csc(N)n1.N[C@@H]1C(=O)N2C(C(=O)O)=C(CSC(=O)c3ccco3)CS[C@H]12. The number of aromatic nitrogens is 2. The van der Waals surface area contributed by atoms with Gasteiger partial charge in [0.15, 0.2) is 20.9 Å². The van der Waals surface area contributed by atoms with Crippen LogP contribution in [0.1, 0.15) is 16.2 Å². The monoisotopic (exact) mass is 690 g/mol. The standard InChI is InChI=1S/C13H10N4O2S3.C13H12N2O5S2/c1-19-17-10(8-6-20-12(14)15-8)11(18)22-13-16-7-4-2-3-5-9(7)21-13;14-8-10(16)15-9(12(17)18)6(4-21-11(8)15)5-22-13(19)7-2-1-3-20-7/h2-6H,1H3,(H2,14,15);1-3,8,11H,4-5,14H2,(H,17,18)/b17-10-;/t;8-,11-/m.1/s1. The zero-order valence-electron chi connectivity index (χ0n) is 22.6. The molecule has 44 heavy (non-hydrogen) atoms. The molecule has 2 aliphatic heterocycles. The largest absolute Gasteiger partial charge is 0.477 e. The lowest BCUT2D eigenvalue weighted by molar-refractivity contribution is -0.147. The van der Waals surface area contributed by atoms with Crippen molar-refractivity contribution < 1.29 is 33.5 Å². The summed E-state index contributed by atoms with van der Waals surface area (Å²) in [4.78, 5) is 62.0. The molecule has 0 spiro atoms. The second-order valence-electron chi connectivity index (χ2n) is 8.78. The Bertz CT molecular complexity index is 1750. The number of carbonyl (C=O) groups excluding carboxylic acids is 3. The van der Waals surface area contributed by atoms with Gasteiger partial charge in [-0.25, -0.2) is 14.8 Å². The van der Waals surface area contributed by atoms with Gasteiger partial charge in [-0.1, -0.05) is 29.1 Å². The number of aliphatic carboxylic acids is 1. The van der Waals surface area contributed by atoms with Crippen molar-refractivity contribution in [2.75, 3.05) is 24.3 Å². The van der Waals surface area contributed by atoms with E-state index in [1.807, 2.05) is 24.3 Å². The van der Waals surface area contributed by atoms with Crippen LogP contribution in [-0.2, 0) is 19.2 Å². The van der Waals surface area contributed by atoms with Crippen LogP contribution in [0.25, 0.3) is 10.2 Å². The van der Waals surface area contributed by atoms with Crippen molar-refractivity contribution >= 4 is 101 Å². The maximum Gasteiger partial charge on any atom is 0.352 e. The summed E-state index contributed by atoms with van der Waals surface area (Å²) in [5, 5.41) is 14.3. The number of hydrogen-bond donors (Lipinski definition) is 3. The van der Waals surface area contributed by atoms with Gasteiger partial charge in [-0.2, -0.15) is 0 Å². The molecule has 2 atom stereocenters. The minimum absolute atomic E-state index is 0.0461. The Labute approximate surface area is 270 Å². The lowest BCUT2D eigenvalue weighted by Crippen LogP contribution is -2.68. The van der Waals surface area contributed by atoms with E-state index in [-0.39, 0.29) is 38.5 Å². The second-order valence-corrected chi connectivity index (χ2v) is 14.0. The van der Waals surface area contributed by atoms with Gasteiger partial charge in [0.2, 0.25) is 11.0 Å². The Morgan fingerprint density at radius 2 is 2.02 bits per heavy atom. The normalized spacial score (nSPS) is 17.9. The van der Waals surface area contributed by atoms with Crippen molar-refractivity contribution in [2.24, 2.45) is 10.9 Å². The maximum atomic E-state index is 12.4. The van der Waals surface area contributed by atoms with Crippen LogP contribution >= 0.6 is 58.0 Å². The van der Waals surface area contributed by atoms with Crippen molar-refractivity contribution in [1.29, 1.82) is 0 Å². The zero-order valence-corrected chi connectivity index (χ0v) is 26.7. The summed E-state index contributed by atoms with van der Waals surface area (Å²) in [6.07, 6.45) is 1.40. The lowest BCUT2D eigenvalue weighted by Gasteiger charge is -2.48. The Balaban J connectivity index is 0.000000175. The van der Waals surface area contributed by atoms with E-state index in [9.17, 15) is 24.3 Å². The summed E-state index contributed by atoms with van der Waals surface area (Å²) in [6.45, 7) is 0. The Morgan fingerprint density at radius 1 is 1.23 bits per heavy atom. The number of anilines is 1. The first-order valence-electron chi connectivity index (χ1n) is 12.4. The fourth-order valence-electron chi connectivity index (χ4n) is 4.01. The van der Waals surface area contributed by atoms with Crippen LogP contribution in [0.2, 0.25) is 0 Å². The number of benzene rings is 1.